The molecular weight excluding hydrogens is 102 g/mol. The molecule has 0 saturated heterocycles. The third kappa shape index (κ3) is 5.92. The molecule has 8 heavy (non-hydrogen) atoms. The lowest BCUT2D eigenvalue weighted by atomic mass is 10.2. The highest BCUT2D eigenvalue weighted by atomic mass is 16.3. The van der Waals surface area contributed by atoms with Crippen LogP contribution in [0.15, 0.2) is 0 Å². The number of hydrogen-bond acceptors (Lipinski definition) is 1. The van der Waals surface area contributed by atoms with Gasteiger partial charge in [0.1, 0.15) is 6.23 Å². The summed E-state index contributed by atoms with van der Waals surface area (Å²) in [5.74, 6) is 0.575. The van der Waals surface area contributed by atoms with E-state index >= 15 is 0 Å². The maximum atomic E-state index is 10.3. The largest absolute Gasteiger partial charge is 0.289 e. The van der Waals surface area contributed by atoms with Gasteiger partial charge in [0.05, 0.1) is 0 Å². The fraction of sp³-hybridized carbons (Fsp3) is 1.00. The van der Waals surface area contributed by atoms with Crippen LogP contribution in [0.3, 0.4) is 0 Å². The molecule has 2 nitrogen and oxygen atoms in total. The molecule has 0 aromatic carbocycles. The van der Waals surface area contributed by atoms with Crippen LogP contribution in [-0.4, -0.2) is 12.8 Å². The average Bonchev–Trinajstić information content (AvgIpc) is 1.61. The molecule has 0 rings (SSSR count). The van der Waals surface area contributed by atoms with E-state index in [9.17, 15) is 5.11 Å². The van der Waals surface area contributed by atoms with Crippen LogP contribution in [-0.2, 0) is 5.11 Å². The number of hydrogen-bond donors (Lipinski definition) is 1. The van der Waals surface area contributed by atoms with E-state index in [2.05, 4.69) is 19.2 Å². The van der Waals surface area contributed by atoms with Crippen molar-refractivity contribution in [3.63, 3.8) is 0 Å². The molecule has 0 bridgehead atoms. The summed E-state index contributed by atoms with van der Waals surface area (Å²) in [5, 5.41) is 13.1. The fourth-order valence-corrected chi connectivity index (χ4v) is 0.402. The first-order valence-electron chi connectivity index (χ1n) is 3.02. The Morgan fingerprint density at radius 2 is 1.88 bits per heavy atom. The van der Waals surface area contributed by atoms with Crippen molar-refractivity contribution in [3.05, 3.63) is 0 Å². The monoisotopic (exact) mass is 116 g/mol. The summed E-state index contributed by atoms with van der Waals surface area (Å²) in [4.78, 5) is 0. The molecule has 0 aliphatic heterocycles. The molecule has 0 heterocycles. The van der Waals surface area contributed by atoms with E-state index in [1.165, 1.54) is 0 Å². The summed E-state index contributed by atoms with van der Waals surface area (Å²) in [7, 11) is 0. The van der Waals surface area contributed by atoms with Crippen molar-refractivity contribution in [1.29, 1.82) is 0 Å². The predicted molar refractivity (Wildman–Crippen MR) is 33.0 cm³/mol. The zero-order valence-electron chi connectivity index (χ0n) is 5.77. The lowest BCUT2D eigenvalue weighted by Crippen LogP contribution is -2.27. The molecule has 1 atom stereocenters. The van der Waals surface area contributed by atoms with Crippen LogP contribution < -0.4 is 5.32 Å². The van der Waals surface area contributed by atoms with Gasteiger partial charge >= 0.3 is 0 Å². The molecule has 0 aromatic heterocycles. The molecule has 0 saturated carbocycles. The third-order valence-corrected chi connectivity index (χ3v) is 0.814. The topological polar surface area (TPSA) is 31.9 Å². The Bertz CT molecular complexity index is 44.5. The second-order valence-corrected chi connectivity index (χ2v) is 2.44. The van der Waals surface area contributed by atoms with E-state index in [-0.39, 0.29) is 0 Å². The van der Waals surface area contributed by atoms with Crippen molar-refractivity contribution in [2.24, 2.45) is 5.92 Å². The molecular formula is C6H14NO. The lowest BCUT2D eigenvalue weighted by Gasteiger charge is -2.06. The third-order valence-electron chi connectivity index (χ3n) is 0.814. The normalized spacial score (nSPS) is 14.6. The van der Waals surface area contributed by atoms with Gasteiger partial charge in [-0.15, -0.1) is 0 Å². The minimum absolute atomic E-state index is 0.575. The summed E-state index contributed by atoms with van der Waals surface area (Å²) >= 11 is 0. The Labute approximate surface area is 50.9 Å². The van der Waals surface area contributed by atoms with Gasteiger partial charge in [-0.2, -0.15) is 0 Å². The second kappa shape index (κ2) is 3.87. The Balaban J connectivity index is 2.93. The van der Waals surface area contributed by atoms with Crippen molar-refractivity contribution >= 4 is 0 Å². The first-order valence-corrected chi connectivity index (χ1v) is 3.02. The maximum absolute atomic E-state index is 10.3. The van der Waals surface area contributed by atoms with Crippen LogP contribution in [0.4, 0.5) is 0 Å². The molecule has 0 amide bonds. The van der Waals surface area contributed by atoms with Gasteiger partial charge in [0, 0.05) is 0 Å². The smallest absolute Gasteiger partial charge is 0.140 e. The Hall–Kier alpha value is -0.0800. The second-order valence-electron chi connectivity index (χ2n) is 2.44. The van der Waals surface area contributed by atoms with Gasteiger partial charge in [0.25, 0.3) is 0 Å². The van der Waals surface area contributed by atoms with Gasteiger partial charge in [-0.25, -0.2) is 5.11 Å². The molecule has 0 spiro atoms. The first kappa shape index (κ1) is 7.92. The van der Waals surface area contributed by atoms with Crippen LogP contribution >= 0.6 is 0 Å². The minimum Gasteiger partial charge on any atom is -0.289 e. The van der Waals surface area contributed by atoms with E-state index < -0.39 is 6.23 Å². The molecule has 1 radical (unpaired) electrons. The van der Waals surface area contributed by atoms with Crippen LogP contribution in [0.1, 0.15) is 20.8 Å². The van der Waals surface area contributed by atoms with Crippen molar-refractivity contribution in [2.45, 2.75) is 27.0 Å². The SMILES string of the molecule is CC(C)CNC(C)[O]. The zero-order chi connectivity index (χ0) is 6.57. The number of nitrogens with one attached hydrogen (secondary N) is 1. The summed E-state index contributed by atoms with van der Waals surface area (Å²) < 4.78 is 0. The van der Waals surface area contributed by atoms with E-state index in [0.29, 0.717) is 5.92 Å². The fourth-order valence-electron chi connectivity index (χ4n) is 0.402. The van der Waals surface area contributed by atoms with E-state index in [0.717, 1.165) is 6.54 Å². The summed E-state index contributed by atoms with van der Waals surface area (Å²) in [6.07, 6.45) is -0.614. The van der Waals surface area contributed by atoms with Crippen molar-refractivity contribution < 1.29 is 5.11 Å². The van der Waals surface area contributed by atoms with Gasteiger partial charge in [0.15, 0.2) is 0 Å². The molecule has 1 N–H and O–H groups in total. The molecule has 0 fully saturated rings. The van der Waals surface area contributed by atoms with Crippen molar-refractivity contribution in [2.75, 3.05) is 6.54 Å². The van der Waals surface area contributed by atoms with Crippen molar-refractivity contribution in [3.8, 4) is 0 Å². The average molecular weight is 116 g/mol. The molecule has 0 aliphatic rings. The van der Waals surface area contributed by atoms with E-state index in [1.54, 1.807) is 6.92 Å². The molecule has 49 valence electrons. The van der Waals surface area contributed by atoms with Gasteiger partial charge in [-0.05, 0) is 19.4 Å². The lowest BCUT2D eigenvalue weighted by molar-refractivity contribution is 0.0725. The zero-order valence-corrected chi connectivity index (χ0v) is 5.77. The minimum atomic E-state index is -0.614. The first-order chi connectivity index (χ1) is 3.63. The molecule has 1 unspecified atom stereocenters. The van der Waals surface area contributed by atoms with E-state index in [1.807, 2.05) is 0 Å². The van der Waals surface area contributed by atoms with Gasteiger partial charge in [-0.1, -0.05) is 13.8 Å². The van der Waals surface area contributed by atoms with Crippen LogP contribution in [0.5, 0.6) is 0 Å². The summed E-state index contributed by atoms with van der Waals surface area (Å²) in [5.41, 5.74) is 0. The standard InChI is InChI=1S/C6H14NO/c1-5(2)4-7-6(3)8/h5-7H,4H2,1-3H3. The highest BCUT2D eigenvalue weighted by molar-refractivity contribution is 4.49. The summed E-state index contributed by atoms with van der Waals surface area (Å²) in [6.45, 7) is 6.60. The Morgan fingerprint density at radius 1 is 1.38 bits per heavy atom. The number of rotatable bonds is 3. The molecule has 2 heteroatoms. The van der Waals surface area contributed by atoms with Crippen LogP contribution in [0.25, 0.3) is 0 Å². The Morgan fingerprint density at radius 3 is 2.00 bits per heavy atom. The summed E-state index contributed by atoms with van der Waals surface area (Å²) in [6, 6.07) is 0. The Kier molecular flexibility index (Phi) is 3.83. The van der Waals surface area contributed by atoms with Gasteiger partial charge in [0.2, 0.25) is 0 Å². The van der Waals surface area contributed by atoms with Gasteiger partial charge < -0.3 is 0 Å². The van der Waals surface area contributed by atoms with Crippen LogP contribution in [0.2, 0.25) is 0 Å². The van der Waals surface area contributed by atoms with Gasteiger partial charge in [-0.3, -0.25) is 5.32 Å². The highest BCUT2D eigenvalue weighted by Crippen LogP contribution is 1.87. The maximum Gasteiger partial charge on any atom is 0.140 e. The van der Waals surface area contributed by atoms with Crippen LogP contribution in [0, 0.1) is 5.92 Å². The van der Waals surface area contributed by atoms with E-state index in [4.69, 9.17) is 0 Å². The molecule has 0 aliphatic carbocycles. The quantitative estimate of drug-likeness (QED) is 0.548. The highest BCUT2D eigenvalue weighted by Gasteiger charge is 1.96. The molecule has 0 aromatic rings. The van der Waals surface area contributed by atoms with Crippen molar-refractivity contribution in [1.82, 2.24) is 5.32 Å². The predicted octanol–water partition coefficient (Wildman–Crippen LogP) is 1.01.